The Labute approximate surface area is 111 Å². The van der Waals surface area contributed by atoms with Crippen molar-refractivity contribution in [1.29, 1.82) is 0 Å². The van der Waals surface area contributed by atoms with Crippen LogP contribution in [-0.2, 0) is 4.74 Å². The van der Waals surface area contributed by atoms with Crippen molar-refractivity contribution in [3.63, 3.8) is 0 Å². The fourth-order valence-corrected chi connectivity index (χ4v) is 2.13. The van der Waals surface area contributed by atoms with Crippen LogP contribution in [0, 0.1) is 5.92 Å². The molecule has 0 aliphatic heterocycles. The fraction of sp³-hybridized carbons (Fsp3) is 0.545. The van der Waals surface area contributed by atoms with Crippen molar-refractivity contribution in [3.8, 4) is 0 Å². The van der Waals surface area contributed by atoms with Gasteiger partial charge in [-0.15, -0.1) is 0 Å². The number of halogens is 2. The van der Waals surface area contributed by atoms with Crippen molar-refractivity contribution >= 4 is 23.2 Å². The van der Waals surface area contributed by atoms with Crippen LogP contribution in [-0.4, -0.2) is 18.7 Å². The topological polar surface area (TPSA) is 60.2 Å². The molecular weight excluding hydrogens is 261 g/mol. The lowest BCUT2D eigenvalue weighted by molar-refractivity contribution is 0.170. The number of nitrogens with two attached hydrogens (primary N) is 1. The lowest BCUT2D eigenvalue weighted by Gasteiger charge is -2.23. The Morgan fingerprint density at radius 1 is 1.53 bits per heavy atom. The van der Waals surface area contributed by atoms with Gasteiger partial charge in [-0.2, -0.15) is 0 Å². The van der Waals surface area contributed by atoms with Gasteiger partial charge in [0.1, 0.15) is 0 Å². The highest BCUT2D eigenvalue weighted by Gasteiger charge is 2.21. The second-order valence-corrected chi connectivity index (χ2v) is 4.77. The number of methoxy groups -OCH3 is 1. The number of aromatic nitrogens is 1. The Morgan fingerprint density at radius 3 is 2.76 bits per heavy atom. The third kappa shape index (κ3) is 4.08. The third-order valence-corrected chi connectivity index (χ3v) is 3.17. The van der Waals surface area contributed by atoms with Crippen LogP contribution in [0.5, 0.6) is 0 Å². The van der Waals surface area contributed by atoms with Gasteiger partial charge in [0.25, 0.3) is 0 Å². The predicted molar refractivity (Wildman–Crippen MR) is 70.0 cm³/mol. The molecule has 2 unspecified atom stereocenters. The van der Waals surface area contributed by atoms with Crippen molar-refractivity contribution in [3.05, 3.63) is 28.0 Å². The monoisotopic (exact) mass is 277 g/mol. The van der Waals surface area contributed by atoms with E-state index in [9.17, 15) is 0 Å². The zero-order valence-corrected chi connectivity index (χ0v) is 11.4. The smallest absolute Gasteiger partial charge is 0.0776 e. The van der Waals surface area contributed by atoms with Crippen molar-refractivity contribution in [2.24, 2.45) is 11.8 Å². The number of ether oxygens (including phenoxy) is 1. The number of hydrogen-bond donors (Lipinski definition) is 2. The minimum Gasteiger partial charge on any atom is -0.385 e. The van der Waals surface area contributed by atoms with Crippen molar-refractivity contribution in [2.75, 3.05) is 13.7 Å². The Morgan fingerprint density at radius 2 is 2.24 bits per heavy atom. The first-order valence-corrected chi connectivity index (χ1v) is 6.11. The zero-order chi connectivity index (χ0) is 12.8. The summed E-state index contributed by atoms with van der Waals surface area (Å²) in [6, 6.07) is 1.55. The Hall–Kier alpha value is -0.390. The van der Waals surface area contributed by atoms with E-state index in [2.05, 4.69) is 17.3 Å². The van der Waals surface area contributed by atoms with E-state index in [-0.39, 0.29) is 12.0 Å². The number of pyridine rings is 1. The molecule has 3 N–H and O–H groups in total. The van der Waals surface area contributed by atoms with E-state index in [1.165, 1.54) is 0 Å². The molecule has 0 aromatic carbocycles. The molecule has 17 heavy (non-hydrogen) atoms. The normalized spacial score (nSPS) is 14.6. The van der Waals surface area contributed by atoms with Crippen LogP contribution in [0.2, 0.25) is 10.0 Å². The van der Waals surface area contributed by atoms with Gasteiger partial charge >= 0.3 is 0 Å². The molecule has 96 valence electrons. The molecule has 0 saturated heterocycles. The molecular formula is C11H17Cl2N3O. The van der Waals surface area contributed by atoms with Gasteiger partial charge in [-0.05, 0) is 18.4 Å². The van der Waals surface area contributed by atoms with Gasteiger partial charge in [0.15, 0.2) is 0 Å². The van der Waals surface area contributed by atoms with Crippen molar-refractivity contribution in [1.82, 2.24) is 10.4 Å². The second kappa shape index (κ2) is 7.13. The molecule has 0 amide bonds. The zero-order valence-electron chi connectivity index (χ0n) is 9.91. The molecule has 1 aromatic rings. The van der Waals surface area contributed by atoms with E-state index in [4.69, 9.17) is 33.8 Å². The molecule has 0 spiro atoms. The lowest BCUT2D eigenvalue weighted by atomic mass is 9.96. The molecule has 1 rings (SSSR count). The first kappa shape index (κ1) is 14.7. The Bertz CT molecular complexity index is 363. The average molecular weight is 278 g/mol. The summed E-state index contributed by atoms with van der Waals surface area (Å²) in [5.74, 6) is 5.82. The molecule has 1 heterocycles. The maximum atomic E-state index is 6.11. The summed E-state index contributed by atoms with van der Waals surface area (Å²) in [5, 5.41) is 1.03. The van der Waals surface area contributed by atoms with Crippen molar-refractivity contribution < 1.29 is 4.74 Å². The SMILES string of the molecule is COCCC(C)C(NN)c1ncc(Cl)cc1Cl. The largest absolute Gasteiger partial charge is 0.385 e. The highest BCUT2D eigenvalue weighted by atomic mass is 35.5. The number of hydrazine groups is 1. The summed E-state index contributed by atoms with van der Waals surface area (Å²) in [5.41, 5.74) is 3.45. The second-order valence-electron chi connectivity index (χ2n) is 3.92. The van der Waals surface area contributed by atoms with E-state index in [1.807, 2.05) is 0 Å². The Balaban J connectivity index is 2.85. The first-order chi connectivity index (χ1) is 8.10. The van der Waals surface area contributed by atoms with Gasteiger partial charge in [-0.1, -0.05) is 30.1 Å². The van der Waals surface area contributed by atoms with Crippen LogP contribution < -0.4 is 11.3 Å². The fourth-order valence-electron chi connectivity index (χ4n) is 1.64. The van der Waals surface area contributed by atoms with E-state index < -0.39 is 0 Å². The van der Waals surface area contributed by atoms with Gasteiger partial charge in [0, 0.05) is 19.9 Å². The summed E-state index contributed by atoms with van der Waals surface area (Å²) in [6.07, 6.45) is 2.43. The standard InChI is InChI=1S/C11H17Cl2N3O/c1-7(3-4-17-2)10(16-14)11-9(13)5-8(12)6-15-11/h5-7,10,16H,3-4,14H2,1-2H3. The number of hydrogen-bond acceptors (Lipinski definition) is 4. The Kier molecular flexibility index (Phi) is 6.16. The van der Waals surface area contributed by atoms with Crippen molar-refractivity contribution in [2.45, 2.75) is 19.4 Å². The van der Waals surface area contributed by atoms with Gasteiger partial charge < -0.3 is 4.74 Å². The molecule has 1 aromatic heterocycles. The predicted octanol–water partition coefficient (Wildman–Crippen LogP) is 2.57. The summed E-state index contributed by atoms with van der Waals surface area (Å²) < 4.78 is 5.05. The lowest BCUT2D eigenvalue weighted by Crippen LogP contribution is -2.33. The highest BCUT2D eigenvalue weighted by molar-refractivity contribution is 6.34. The van der Waals surface area contributed by atoms with E-state index in [1.54, 1.807) is 19.4 Å². The van der Waals surface area contributed by atoms with Gasteiger partial charge in [-0.25, -0.2) is 0 Å². The van der Waals surface area contributed by atoms with Gasteiger partial charge in [0.05, 0.1) is 21.8 Å². The summed E-state index contributed by atoms with van der Waals surface area (Å²) in [7, 11) is 1.67. The molecule has 4 nitrogen and oxygen atoms in total. The summed E-state index contributed by atoms with van der Waals surface area (Å²) in [6.45, 7) is 2.74. The van der Waals surface area contributed by atoms with Crippen LogP contribution in [0.1, 0.15) is 25.1 Å². The number of nitrogens with zero attached hydrogens (tertiary/aromatic N) is 1. The first-order valence-electron chi connectivity index (χ1n) is 5.36. The van der Waals surface area contributed by atoms with E-state index >= 15 is 0 Å². The van der Waals surface area contributed by atoms with Gasteiger partial charge in [-0.3, -0.25) is 16.3 Å². The quantitative estimate of drug-likeness (QED) is 0.620. The third-order valence-electron chi connectivity index (χ3n) is 2.66. The maximum absolute atomic E-state index is 6.11. The molecule has 6 heteroatoms. The van der Waals surface area contributed by atoms with Crippen LogP contribution in [0.15, 0.2) is 12.3 Å². The molecule has 0 saturated carbocycles. The molecule has 0 bridgehead atoms. The number of nitrogens with one attached hydrogen (secondary N) is 1. The van der Waals surface area contributed by atoms with Crippen LogP contribution in [0.4, 0.5) is 0 Å². The average Bonchev–Trinajstić information content (AvgIpc) is 2.30. The highest BCUT2D eigenvalue weighted by Crippen LogP contribution is 2.29. The molecule has 0 aliphatic carbocycles. The maximum Gasteiger partial charge on any atom is 0.0776 e. The molecule has 0 radical (unpaired) electrons. The summed E-state index contributed by atoms with van der Waals surface area (Å²) >= 11 is 11.9. The van der Waals surface area contributed by atoms with Crippen LogP contribution in [0.25, 0.3) is 0 Å². The molecule has 0 fully saturated rings. The number of rotatable bonds is 6. The van der Waals surface area contributed by atoms with E-state index in [0.717, 1.165) is 6.42 Å². The summed E-state index contributed by atoms with van der Waals surface area (Å²) in [4.78, 5) is 4.23. The minimum absolute atomic E-state index is 0.116. The van der Waals surface area contributed by atoms with Gasteiger partial charge in [0.2, 0.25) is 0 Å². The minimum atomic E-state index is -0.116. The molecule has 2 atom stereocenters. The van der Waals surface area contributed by atoms with Crippen LogP contribution >= 0.6 is 23.2 Å². The molecule has 0 aliphatic rings. The van der Waals surface area contributed by atoms with E-state index in [0.29, 0.717) is 22.3 Å². The van der Waals surface area contributed by atoms with Crippen LogP contribution in [0.3, 0.4) is 0 Å².